The maximum atomic E-state index is 13.0. The summed E-state index contributed by atoms with van der Waals surface area (Å²) in [5, 5.41) is 3.07. The molecule has 1 aromatic carbocycles. The summed E-state index contributed by atoms with van der Waals surface area (Å²) in [4.78, 5) is 13.0. The van der Waals surface area contributed by atoms with Crippen molar-refractivity contribution in [2.75, 3.05) is 13.2 Å². The first-order chi connectivity index (χ1) is 13.8. The van der Waals surface area contributed by atoms with Gasteiger partial charge in [-0.05, 0) is 57.4 Å². The van der Waals surface area contributed by atoms with Crippen LogP contribution in [-0.4, -0.2) is 29.7 Å². The molecule has 3 heterocycles. The molecule has 1 saturated heterocycles. The van der Waals surface area contributed by atoms with E-state index in [1.54, 1.807) is 11.3 Å². The topological polar surface area (TPSA) is 43.3 Å². The van der Waals surface area contributed by atoms with Crippen LogP contribution in [0.3, 0.4) is 0 Å². The third-order valence-electron chi connectivity index (χ3n) is 5.47. The Balaban J connectivity index is 1.59. The van der Waals surface area contributed by atoms with Crippen molar-refractivity contribution in [1.29, 1.82) is 0 Å². The molecule has 1 aliphatic rings. The molecule has 4 rings (SSSR count). The molecule has 0 spiro atoms. The minimum atomic E-state index is -0.0358. The SMILES string of the molecule is CC(C)(C)c1ccc(Cn2c(C(=O)NC[C@@H]3CCCO3)cc3sc(Br)cc32)cc1. The fraction of sp³-hybridized carbons (Fsp3) is 0.435. The number of nitrogens with one attached hydrogen (secondary N) is 1. The maximum absolute atomic E-state index is 13.0. The summed E-state index contributed by atoms with van der Waals surface area (Å²) in [7, 11) is 0. The molecule has 1 atom stereocenters. The van der Waals surface area contributed by atoms with E-state index in [1.165, 1.54) is 11.1 Å². The fourth-order valence-electron chi connectivity index (χ4n) is 3.77. The highest BCUT2D eigenvalue weighted by Gasteiger charge is 2.21. The average molecular weight is 475 g/mol. The summed E-state index contributed by atoms with van der Waals surface area (Å²) in [5.41, 5.74) is 4.42. The van der Waals surface area contributed by atoms with E-state index in [2.05, 4.69) is 76.9 Å². The number of carbonyl (C=O) groups is 1. The predicted molar refractivity (Wildman–Crippen MR) is 123 cm³/mol. The highest BCUT2D eigenvalue weighted by atomic mass is 79.9. The van der Waals surface area contributed by atoms with Gasteiger partial charge in [-0.1, -0.05) is 45.0 Å². The lowest BCUT2D eigenvalue weighted by molar-refractivity contribution is 0.0851. The molecular formula is C23H27BrN2O2S. The van der Waals surface area contributed by atoms with Gasteiger partial charge in [-0.3, -0.25) is 4.79 Å². The van der Waals surface area contributed by atoms with Crippen molar-refractivity contribution >= 4 is 43.4 Å². The van der Waals surface area contributed by atoms with Crippen molar-refractivity contribution < 1.29 is 9.53 Å². The van der Waals surface area contributed by atoms with Gasteiger partial charge < -0.3 is 14.6 Å². The van der Waals surface area contributed by atoms with E-state index in [1.807, 2.05) is 6.07 Å². The lowest BCUT2D eigenvalue weighted by atomic mass is 9.87. The van der Waals surface area contributed by atoms with Crippen LogP contribution in [0.4, 0.5) is 0 Å². The van der Waals surface area contributed by atoms with Gasteiger partial charge >= 0.3 is 0 Å². The first kappa shape index (κ1) is 20.6. The molecule has 2 aromatic heterocycles. The number of carbonyl (C=O) groups excluding carboxylic acids is 1. The van der Waals surface area contributed by atoms with Crippen LogP contribution in [0.25, 0.3) is 10.2 Å². The Morgan fingerprint density at radius 3 is 2.69 bits per heavy atom. The van der Waals surface area contributed by atoms with Crippen LogP contribution in [0, 0.1) is 0 Å². The fourth-order valence-corrected chi connectivity index (χ4v) is 5.33. The van der Waals surface area contributed by atoms with Gasteiger partial charge in [0.2, 0.25) is 0 Å². The van der Waals surface area contributed by atoms with Crippen molar-refractivity contribution in [3.8, 4) is 0 Å². The van der Waals surface area contributed by atoms with E-state index in [0.29, 0.717) is 18.8 Å². The highest BCUT2D eigenvalue weighted by Crippen LogP contribution is 2.33. The molecule has 0 unspecified atom stereocenters. The van der Waals surface area contributed by atoms with Crippen molar-refractivity contribution in [3.05, 3.63) is 57.0 Å². The number of aromatic nitrogens is 1. The molecule has 0 saturated carbocycles. The van der Waals surface area contributed by atoms with Gasteiger partial charge in [-0.2, -0.15) is 0 Å². The first-order valence-corrected chi connectivity index (χ1v) is 11.7. The van der Waals surface area contributed by atoms with Crippen molar-refractivity contribution in [3.63, 3.8) is 0 Å². The van der Waals surface area contributed by atoms with Crippen LogP contribution < -0.4 is 5.32 Å². The molecule has 3 aromatic rings. The smallest absolute Gasteiger partial charge is 0.268 e. The van der Waals surface area contributed by atoms with E-state index in [-0.39, 0.29) is 17.4 Å². The zero-order chi connectivity index (χ0) is 20.6. The zero-order valence-electron chi connectivity index (χ0n) is 17.1. The largest absolute Gasteiger partial charge is 0.376 e. The Labute approximate surface area is 184 Å². The van der Waals surface area contributed by atoms with Gasteiger partial charge in [0.1, 0.15) is 5.69 Å². The molecule has 0 aliphatic carbocycles. The Hall–Kier alpha value is -1.63. The number of nitrogens with zero attached hydrogens (tertiary/aromatic N) is 1. The Morgan fingerprint density at radius 1 is 1.28 bits per heavy atom. The summed E-state index contributed by atoms with van der Waals surface area (Å²) < 4.78 is 9.95. The second kappa shape index (κ2) is 8.25. The Kier molecular flexibility index (Phi) is 5.87. The number of benzene rings is 1. The number of hydrogen-bond donors (Lipinski definition) is 1. The highest BCUT2D eigenvalue weighted by molar-refractivity contribution is 9.11. The second-order valence-corrected chi connectivity index (χ2v) is 11.2. The zero-order valence-corrected chi connectivity index (χ0v) is 19.5. The van der Waals surface area contributed by atoms with Crippen LogP contribution >= 0.6 is 27.3 Å². The molecule has 1 fully saturated rings. The molecule has 1 amide bonds. The number of thiophene rings is 1. The number of rotatable bonds is 5. The van der Waals surface area contributed by atoms with Crippen molar-refractivity contribution in [2.45, 2.75) is 51.7 Å². The molecule has 4 nitrogen and oxygen atoms in total. The second-order valence-electron chi connectivity index (χ2n) is 8.71. The van der Waals surface area contributed by atoms with Crippen LogP contribution in [0.5, 0.6) is 0 Å². The van der Waals surface area contributed by atoms with E-state index >= 15 is 0 Å². The summed E-state index contributed by atoms with van der Waals surface area (Å²) >= 11 is 5.24. The van der Waals surface area contributed by atoms with E-state index in [9.17, 15) is 4.79 Å². The predicted octanol–water partition coefficient (Wildman–Crippen LogP) is 5.72. The van der Waals surface area contributed by atoms with Gasteiger partial charge in [0, 0.05) is 19.7 Å². The van der Waals surface area contributed by atoms with Crippen molar-refractivity contribution in [2.24, 2.45) is 0 Å². The Bertz CT molecular complexity index is 1010. The molecular weight excluding hydrogens is 448 g/mol. The number of halogens is 1. The quantitative estimate of drug-likeness (QED) is 0.513. The normalized spacial score (nSPS) is 17.2. The molecule has 0 bridgehead atoms. The molecule has 0 radical (unpaired) electrons. The van der Waals surface area contributed by atoms with Crippen LogP contribution in [0.15, 0.2) is 40.2 Å². The Morgan fingerprint density at radius 2 is 2.03 bits per heavy atom. The van der Waals surface area contributed by atoms with Gasteiger partial charge in [0.25, 0.3) is 5.91 Å². The minimum Gasteiger partial charge on any atom is -0.376 e. The molecule has 1 N–H and O–H groups in total. The minimum absolute atomic E-state index is 0.0358. The lowest BCUT2D eigenvalue weighted by Crippen LogP contribution is -2.33. The molecule has 6 heteroatoms. The van der Waals surface area contributed by atoms with Gasteiger partial charge in [0.15, 0.2) is 0 Å². The van der Waals surface area contributed by atoms with Gasteiger partial charge in [0.05, 0.1) is 20.1 Å². The van der Waals surface area contributed by atoms with Crippen LogP contribution in [-0.2, 0) is 16.7 Å². The standard InChI is InChI=1S/C23H27BrN2O2S/c1-23(2,3)16-8-6-15(7-9-16)14-26-18-12-21(24)29-20(18)11-19(26)22(27)25-13-17-5-4-10-28-17/h6-9,11-12,17H,4-5,10,13-14H2,1-3H3,(H,25,27)/t17-/m0/s1. The maximum Gasteiger partial charge on any atom is 0.268 e. The van der Waals surface area contributed by atoms with Gasteiger partial charge in [-0.25, -0.2) is 0 Å². The molecule has 154 valence electrons. The van der Waals surface area contributed by atoms with Crippen molar-refractivity contribution in [1.82, 2.24) is 9.88 Å². The van der Waals surface area contributed by atoms with Gasteiger partial charge in [-0.15, -0.1) is 11.3 Å². The summed E-state index contributed by atoms with van der Waals surface area (Å²) in [6.45, 7) is 8.69. The number of fused-ring (bicyclic) bond motifs is 1. The monoisotopic (exact) mass is 474 g/mol. The third-order valence-corrected chi connectivity index (χ3v) is 7.04. The summed E-state index contributed by atoms with van der Waals surface area (Å²) in [5.74, 6) is -0.0358. The summed E-state index contributed by atoms with van der Waals surface area (Å²) in [6.07, 6.45) is 2.23. The van der Waals surface area contributed by atoms with E-state index in [0.717, 1.165) is 33.5 Å². The first-order valence-electron chi connectivity index (χ1n) is 10.1. The summed E-state index contributed by atoms with van der Waals surface area (Å²) in [6, 6.07) is 12.8. The lowest BCUT2D eigenvalue weighted by Gasteiger charge is -2.19. The molecule has 1 aliphatic heterocycles. The molecule has 29 heavy (non-hydrogen) atoms. The van der Waals surface area contributed by atoms with Crippen LogP contribution in [0.1, 0.15) is 55.2 Å². The number of amides is 1. The number of ether oxygens (including phenoxy) is 1. The van der Waals surface area contributed by atoms with E-state index < -0.39 is 0 Å². The number of hydrogen-bond acceptors (Lipinski definition) is 3. The third kappa shape index (κ3) is 4.60. The van der Waals surface area contributed by atoms with E-state index in [4.69, 9.17) is 4.74 Å². The van der Waals surface area contributed by atoms with Crippen LogP contribution in [0.2, 0.25) is 0 Å². The average Bonchev–Trinajstić information content (AvgIpc) is 3.37.